The molecule has 0 bridgehead atoms. The number of rotatable bonds is 5. The van der Waals surface area contributed by atoms with Crippen LogP contribution < -0.4 is 4.80 Å². The van der Waals surface area contributed by atoms with Crippen LogP contribution >= 0.6 is 11.3 Å². The van der Waals surface area contributed by atoms with E-state index < -0.39 is 0 Å². The molecule has 156 valence electrons. The molecule has 5 nitrogen and oxygen atoms in total. The van der Waals surface area contributed by atoms with E-state index in [1.165, 1.54) is 11.3 Å². The molecule has 3 rings (SSSR count). The SMILES string of the molecule is C=CCn1c(=NC(=O)c2ccc(C(C)(C)C)cc2)sc2cc(C(=O)OCC)ccc21. The van der Waals surface area contributed by atoms with Gasteiger partial charge in [0.1, 0.15) is 0 Å². The summed E-state index contributed by atoms with van der Waals surface area (Å²) in [6, 6.07) is 12.9. The summed E-state index contributed by atoms with van der Waals surface area (Å²) >= 11 is 1.36. The van der Waals surface area contributed by atoms with Gasteiger partial charge in [-0.25, -0.2) is 4.79 Å². The third kappa shape index (κ3) is 4.60. The van der Waals surface area contributed by atoms with E-state index in [1.807, 2.05) is 34.9 Å². The van der Waals surface area contributed by atoms with Crippen LogP contribution in [0.15, 0.2) is 60.1 Å². The molecule has 0 aliphatic heterocycles. The molecule has 0 N–H and O–H groups in total. The maximum absolute atomic E-state index is 12.8. The molecule has 2 aromatic carbocycles. The smallest absolute Gasteiger partial charge is 0.338 e. The van der Waals surface area contributed by atoms with Gasteiger partial charge in [0, 0.05) is 12.1 Å². The van der Waals surface area contributed by atoms with Crippen LogP contribution in [0.5, 0.6) is 0 Å². The third-order valence-corrected chi connectivity index (χ3v) is 5.74. The van der Waals surface area contributed by atoms with E-state index in [9.17, 15) is 9.59 Å². The van der Waals surface area contributed by atoms with Gasteiger partial charge in [0.2, 0.25) is 0 Å². The molecule has 1 aromatic heterocycles. The maximum Gasteiger partial charge on any atom is 0.338 e. The second-order valence-electron chi connectivity index (χ2n) is 7.93. The lowest BCUT2D eigenvalue weighted by Crippen LogP contribution is -2.16. The van der Waals surface area contributed by atoms with Gasteiger partial charge >= 0.3 is 5.97 Å². The average molecular weight is 423 g/mol. The molecular weight excluding hydrogens is 396 g/mol. The summed E-state index contributed by atoms with van der Waals surface area (Å²) in [5.41, 5.74) is 3.09. The molecule has 0 unspecified atom stereocenters. The summed E-state index contributed by atoms with van der Waals surface area (Å²) in [6.45, 7) is 12.8. The number of fused-ring (bicyclic) bond motifs is 1. The number of esters is 1. The van der Waals surface area contributed by atoms with Crippen molar-refractivity contribution in [2.75, 3.05) is 6.61 Å². The second-order valence-corrected chi connectivity index (χ2v) is 8.94. The maximum atomic E-state index is 12.8. The molecule has 1 heterocycles. The lowest BCUT2D eigenvalue weighted by atomic mass is 9.87. The van der Waals surface area contributed by atoms with Crippen LogP contribution in [0, 0.1) is 0 Å². The minimum Gasteiger partial charge on any atom is -0.462 e. The molecule has 0 radical (unpaired) electrons. The molecule has 0 saturated heterocycles. The zero-order chi connectivity index (χ0) is 21.9. The van der Waals surface area contributed by atoms with Crippen molar-refractivity contribution in [1.82, 2.24) is 4.57 Å². The minimum atomic E-state index is -0.364. The predicted octanol–water partition coefficient (Wildman–Crippen LogP) is 5.10. The van der Waals surface area contributed by atoms with E-state index in [2.05, 4.69) is 32.3 Å². The molecule has 0 aliphatic rings. The summed E-state index contributed by atoms with van der Waals surface area (Å²) < 4.78 is 7.86. The molecular formula is C24H26N2O3S. The Labute approximate surface area is 180 Å². The van der Waals surface area contributed by atoms with Crippen LogP contribution in [0.3, 0.4) is 0 Å². The van der Waals surface area contributed by atoms with E-state index >= 15 is 0 Å². The van der Waals surface area contributed by atoms with Gasteiger partial charge < -0.3 is 9.30 Å². The van der Waals surface area contributed by atoms with Gasteiger partial charge in [-0.1, -0.05) is 50.3 Å². The zero-order valence-electron chi connectivity index (χ0n) is 17.8. The van der Waals surface area contributed by atoms with Crippen LogP contribution in [0.2, 0.25) is 0 Å². The number of hydrogen-bond donors (Lipinski definition) is 0. The van der Waals surface area contributed by atoms with Gasteiger partial charge in [-0.2, -0.15) is 4.99 Å². The number of allylic oxidation sites excluding steroid dienone is 1. The summed E-state index contributed by atoms with van der Waals surface area (Å²) in [7, 11) is 0. The fourth-order valence-electron chi connectivity index (χ4n) is 3.07. The van der Waals surface area contributed by atoms with Crippen LogP contribution in [0.1, 0.15) is 54.0 Å². The van der Waals surface area contributed by atoms with Gasteiger partial charge in [-0.3, -0.25) is 4.79 Å². The van der Waals surface area contributed by atoms with Gasteiger partial charge in [0.25, 0.3) is 5.91 Å². The van der Waals surface area contributed by atoms with Crippen molar-refractivity contribution in [2.24, 2.45) is 4.99 Å². The number of carbonyl (C=O) groups is 2. The number of ether oxygens (including phenoxy) is 1. The number of thiazole rings is 1. The van der Waals surface area contributed by atoms with E-state index in [4.69, 9.17) is 4.74 Å². The molecule has 0 atom stereocenters. The number of benzene rings is 2. The van der Waals surface area contributed by atoms with Crippen LogP contribution in [-0.2, 0) is 16.7 Å². The summed E-state index contributed by atoms with van der Waals surface area (Å²) in [4.78, 5) is 29.8. The van der Waals surface area contributed by atoms with Crippen LogP contribution in [-0.4, -0.2) is 23.1 Å². The topological polar surface area (TPSA) is 60.7 Å². The number of nitrogens with zero attached hydrogens (tertiary/aromatic N) is 2. The number of hydrogen-bond acceptors (Lipinski definition) is 4. The Morgan fingerprint density at radius 2 is 1.80 bits per heavy atom. The average Bonchev–Trinajstić information content (AvgIpc) is 3.04. The first-order chi connectivity index (χ1) is 14.2. The predicted molar refractivity (Wildman–Crippen MR) is 121 cm³/mol. The minimum absolute atomic E-state index is 0.0216. The first kappa shape index (κ1) is 21.7. The van der Waals surface area contributed by atoms with E-state index in [0.717, 1.165) is 15.8 Å². The van der Waals surface area contributed by atoms with Crippen LogP contribution in [0.25, 0.3) is 10.2 Å². The first-order valence-corrected chi connectivity index (χ1v) is 10.7. The van der Waals surface area contributed by atoms with E-state index in [1.54, 1.807) is 25.1 Å². The molecule has 0 aliphatic carbocycles. The molecule has 3 aromatic rings. The van der Waals surface area contributed by atoms with Crippen molar-refractivity contribution in [3.05, 3.63) is 76.6 Å². The fourth-order valence-corrected chi connectivity index (χ4v) is 4.15. The Morgan fingerprint density at radius 3 is 2.40 bits per heavy atom. The highest BCUT2D eigenvalue weighted by Gasteiger charge is 2.15. The molecule has 30 heavy (non-hydrogen) atoms. The lowest BCUT2D eigenvalue weighted by Gasteiger charge is -2.18. The van der Waals surface area contributed by atoms with Crippen molar-refractivity contribution in [1.29, 1.82) is 0 Å². The van der Waals surface area contributed by atoms with Crippen molar-refractivity contribution in [3.63, 3.8) is 0 Å². The standard InChI is InChI=1S/C24H26N2O3S/c1-6-14-26-19-13-10-17(22(28)29-7-2)15-20(19)30-23(26)25-21(27)16-8-11-18(12-9-16)24(3,4)5/h6,8-13,15H,1,7,14H2,2-5H3. The first-order valence-electron chi connectivity index (χ1n) is 9.85. The highest BCUT2D eigenvalue weighted by molar-refractivity contribution is 7.16. The van der Waals surface area contributed by atoms with E-state index in [-0.39, 0.29) is 17.3 Å². The molecule has 0 saturated carbocycles. The highest BCUT2D eigenvalue weighted by atomic mass is 32.1. The van der Waals surface area contributed by atoms with Crippen molar-refractivity contribution in [3.8, 4) is 0 Å². The van der Waals surface area contributed by atoms with Crippen LogP contribution in [0.4, 0.5) is 0 Å². The van der Waals surface area contributed by atoms with Gasteiger partial charge in [-0.05, 0) is 48.2 Å². The Balaban J connectivity index is 2.03. The summed E-state index contributed by atoms with van der Waals surface area (Å²) in [6.07, 6.45) is 1.76. The normalized spacial score (nSPS) is 12.2. The second kappa shape index (κ2) is 8.79. The fraction of sp³-hybridized carbons (Fsp3) is 0.292. The van der Waals surface area contributed by atoms with E-state index in [0.29, 0.717) is 29.1 Å². The van der Waals surface area contributed by atoms with Gasteiger partial charge in [-0.15, -0.1) is 6.58 Å². The van der Waals surface area contributed by atoms with Crippen molar-refractivity contribution >= 4 is 33.4 Å². The number of carbonyl (C=O) groups excluding carboxylic acids is 2. The quantitative estimate of drug-likeness (QED) is 0.424. The molecule has 1 amide bonds. The zero-order valence-corrected chi connectivity index (χ0v) is 18.6. The molecule has 6 heteroatoms. The highest BCUT2D eigenvalue weighted by Crippen LogP contribution is 2.23. The summed E-state index contributed by atoms with van der Waals surface area (Å²) in [5.74, 6) is -0.665. The Bertz CT molecular complexity index is 1160. The Morgan fingerprint density at radius 1 is 1.13 bits per heavy atom. The lowest BCUT2D eigenvalue weighted by molar-refractivity contribution is 0.0526. The Kier molecular flexibility index (Phi) is 6.37. The number of amides is 1. The Hall–Kier alpha value is -2.99. The monoisotopic (exact) mass is 422 g/mol. The molecule has 0 spiro atoms. The summed E-state index contributed by atoms with van der Waals surface area (Å²) in [5, 5.41) is 0. The largest absolute Gasteiger partial charge is 0.462 e. The third-order valence-electron chi connectivity index (χ3n) is 4.70. The van der Waals surface area contributed by atoms with Gasteiger partial charge in [0.05, 0.1) is 22.4 Å². The number of aromatic nitrogens is 1. The van der Waals surface area contributed by atoms with Crippen molar-refractivity contribution in [2.45, 2.75) is 39.7 Å². The molecule has 0 fully saturated rings. The van der Waals surface area contributed by atoms with Gasteiger partial charge in [0.15, 0.2) is 4.80 Å². The van der Waals surface area contributed by atoms with Crippen molar-refractivity contribution < 1.29 is 14.3 Å².